The maximum absolute atomic E-state index is 13.3. The molecule has 0 aliphatic rings. The molecule has 2 heterocycles. The SMILES string of the molecule is COc1ccc(-n2cc(-c3ccc(Cl)cc3)nc2NC(=O)CN(Cc2ccco2)C(=O)c2ccccc2)cc1. The molecule has 0 fully saturated rings. The number of ether oxygens (including phenoxy) is 1. The molecule has 0 unspecified atom stereocenters. The molecule has 5 rings (SSSR count). The van der Waals surface area contributed by atoms with Crippen molar-refractivity contribution in [3.8, 4) is 22.7 Å². The van der Waals surface area contributed by atoms with Gasteiger partial charge in [0.1, 0.15) is 18.1 Å². The van der Waals surface area contributed by atoms with Crippen LogP contribution in [0.4, 0.5) is 5.95 Å². The minimum atomic E-state index is -0.408. The fourth-order valence-electron chi connectivity index (χ4n) is 4.06. The molecule has 0 radical (unpaired) electrons. The van der Waals surface area contributed by atoms with Crippen LogP contribution in [0.25, 0.3) is 16.9 Å². The second-order valence-corrected chi connectivity index (χ2v) is 9.12. The largest absolute Gasteiger partial charge is 0.497 e. The molecule has 0 atom stereocenters. The number of aromatic nitrogens is 2. The highest BCUT2D eigenvalue weighted by Gasteiger charge is 2.22. The molecule has 2 aromatic heterocycles. The van der Waals surface area contributed by atoms with Gasteiger partial charge in [-0.1, -0.05) is 41.9 Å². The van der Waals surface area contributed by atoms with Crippen LogP contribution in [0.3, 0.4) is 0 Å². The van der Waals surface area contributed by atoms with E-state index in [-0.39, 0.29) is 19.0 Å². The zero-order valence-electron chi connectivity index (χ0n) is 21.1. The van der Waals surface area contributed by atoms with Crippen molar-refractivity contribution in [1.29, 1.82) is 0 Å². The lowest BCUT2D eigenvalue weighted by molar-refractivity contribution is -0.117. The van der Waals surface area contributed by atoms with Gasteiger partial charge in [0.2, 0.25) is 11.9 Å². The monoisotopic (exact) mass is 540 g/mol. The van der Waals surface area contributed by atoms with E-state index in [1.165, 1.54) is 11.2 Å². The number of rotatable bonds is 9. The summed E-state index contributed by atoms with van der Waals surface area (Å²) in [5.41, 5.74) is 2.72. The third-order valence-electron chi connectivity index (χ3n) is 6.02. The number of hydrogen-bond donors (Lipinski definition) is 1. The zero-order chi connectivity index (χ0) is 27.2. The van der Waals surface area contributed by atoms with Crippen LogP contribution in [0.2, 0.25) is 5.02 Å². The topological polar surface area (TPSA) is 89.6 Å². The van der Waals surface area contributed by atoms with E-state index < -0.39 is 5.91 Å². The highest BCUT2D eigenvalue weighted by atomic mass is 35.5. The number of nitrogens with one attached hydrogen (secondary N) is 1. The van der Waals surface area contributed by atoms with Gasteiger partial charge >= 0.3 is 0 Å². The summed E-state index contributed by atoms with van der Waals surface area (Å²) >= 11 is 6.06. The number of methoxy groups -OCH3 is 1. The molecule has 8 nitrogen and oxygen atoms in total. The molecule has 0 bridgehead atoms. The Labute approximate surface area is 230 Å². The molecule has 9 heteroatoms. The summed E-state index contributed by atoms with van der Waals surface area (Å²) in [5, 5.41) is 3.50. The molecule has 2 amide bonds. The highest BCUT2D eigenvalue weighted by Crippen LogP contribution is 2.26. The average Bonchev–Trinajstić information content (AvgIpc) is 3.63. The van der Waals surface area contributed by atoms with Crippen molar-refractivity contribution < 1.29 is 18.7 Å². The third-order valence-corrected chi connectivity index (χ3v) is 6.27. The molecule has 3 aromatic carbocycles. The van der Waals surface area contributed by atoms with Gasteiger partial charge in [0.05, 0.1) is 25.6 Å². The molecule has 0 aliphatic carbocycles. The fraction of sp³-hybridized carbons (Fsp3) is 0.100. The predicted molar refractivity (Wildman–Crippen MR) is 149 cm³/mol. The first kappa shape index (κ1) is 25.8. The van der Waals surface area contributed by atoms with Gasteiger partial charge in [-0.3, -0.25) is 19.5 Å². The van der Waals surface area contributed by atoms with Gasteiger partial charge < -0.3 is 14.1 Å². The molecule has 196 valence electrons. The van der Waals surface area contributed by atoms with Crippen molar-refractivity contribution in [2.75, 3.05) is 19.0 Å². The number of nitrogens with zero attached hydrogens (tertiary/aromatic N) is 3. The van der Waals surface area contributed by atoms with E-state index in [0.717, 1.165) is 11.3 Å². The number of hydrogen-bond acceptors (Lipinski definition) is 5. The molecule has 0 aliphatic heterocycles. The predicted octanol–water partition coefficient (Wildman–Crippen LogP) is 6.08. The summed E-state index contributed by atoms with van der Waals surface area (Å²) < 4.78 is 12.5. The van der Waals surface area contributed by atoms with E-state index in [2.05, 4.69) is 10.3 Å². The minimum absolute atomic E-state index is 0.136. The first-order valence-electron chi connectivity index (χ1n) is 12.2. The van der Waals surface area contributed by atoms with Crippen LogP contribution in [0.1, 0.15) is 16.1 Å². The molecular weight excluding hydrogens is 516 g/mol. The standard InChI is InChI=1S/C30H25ClN4O4/c1-38-25-15-13-24(14-16-25)35-19-27(21-9-11-23(31)12-10-21)32-30(35)33-28(36)20-34(18-26-8-5-17-39-26)29(37)22-6-3-2-4-7-22/h2-17,19H,18,20H2,1H3,(H,32,33,36). The quantitative estimate of drug-likeness (QED) is 0.245. The van der Waals surface area contributed by atoms with E-state index in [9.17, 15) is 9.59 Å². The number of benzene rings is 3. The minimum Gasteiger partial charge on any atom is -0.497 e. The van der Waals surface area contributed by atoms with E-state index in [1.807, 2.05) is 48.7 Å². The lowest BCUT2D eigenvalue weighted by Gasteiger charge is -2.21. The number of amides is 2. The normalized spacial score (nSPS) is 10.7. The fourth-order valence-corrected chi connectivity index (χ4v) is 4.18. The Kier molecular flexibility index (Phi) is 7.75. The van der Waals surface area contributed by atoms with Crippen LogP contribution in [-0.4, -0.2) is 39.9 Å². The van der Waals surface area contributed by atoms with Crippen molar-refractivity contribution >= 4 is 29.4 Å². The van der Waals surface area contributed by atoms with Crippen LogP contribution in [-0.2, 0) is 11.3 Å². The summed E-state index contributed by atoms with van der Waals surface area (Å²) in [6, 6.07) is 27.0. The number of imidazole rings is 1. The number of anilines is 1. The Morgan fingerprint density at radius 2 is 1.72 bits per heavy atom. The Balaban J connectivity index is 1.43. The average molecular weight is 541 g/mol. The summed E-state index contributed by atoms with van der Waals surface area (Å²) in [7, 11) is 1.60. The Morgan fingerprint density at radius 1 is 0.974 bits per heavy atom. The molecular formula is C30H25ClN4O4. The molecule has 0 spiro atoms. The first-order valence-corrected chi connectivity index (χ1v) is 12.5. The first-order chi connectivity index (χ1) is 19.0. The Hall–Kier alpha value is -4.82. The van der Waals surface area contributed by atoms with Gasteiger partial charge in [-0.2, -0.15) is 0 Å². The van der Waals surface area contributed by atoms with Crippen LogP contribution >= 0.6 is 11.6 Å². The van der Waals surface area contributed by atoms with Gasteiger partial charge in [0.25, 0.3) is 5.91 Å². The molecule has 1 N–H and O–H groups in total. The third kappa shape index (κ3) is 6.19. The van der Waals surface area contributed by atoms with Gasteiger partial charge in [0.15, 0.2) is 0 Å². The van der Waals surface area contributed by atoms with E-state index >= 15 is 0 Å². The van der Waals surface area contributed by atoms with E-state index in [1.54, 1.807) is 60.2 Å². The summed E-state index contributed by atoms with van der Waals surface area (Å²) in [6.07, 6.45) is 3.36. The van der Waals surface area contributed by atoms with Crippen molar-refractivity contribution in [1.82, 2.24) is 14.5 Å². The van der Waals surface area contributed by atoms with Gasteiger partial charge in [-0.25, -0.2) is 4.98 Å². The lowest BCUT2D eigenvalue weighted by Crippen LogP contribution is -2.37. The molecule has 5 aromatic rings. The summed E-state index contributed by atoms with van der Waals surface area (Å²) in [6.45, 7) is -0.0722. The van der Waals surface area contributed by atoms with Crippen molar-refractivity contribution in [2.24, 2.45) is 0 Å². The van der Waals surface area contributed by atoms with Gasteiger partial charge in [0, 0.05) is 28.0 Å². The highest BCUT2D eigenvalue weighted by molar-refractivity contribution is 6.30. The van der Waals surface area contributed by atoms with Crippen LogP contribution in [0, 0.1) is 0 Å². The summed E-state index contributed by atoms with van der Waals surface area (Å²) in [4.78, 5) is 32.7. The lowest BCUT2D eigenvalue weighted by atomic mass is 10.2. The maximum Gasteiger partial charge on any atom is 0.254 e. The molecule has 39 heavy (non-hydrogen) atoms. The Morgan fingerprint density at radius 3 is 2.38 bits per heavy atom. The van der Waals surface area contributed by atoms with Crippen LogP contribution < -0.4 is 10.1 Å². The maximum atomic E-state index is 13.3. The van der Waals surface area contributed by atoms with Crippen molar-refractivity contribution in [2.45, 2.75) is 6.54 Å². The second-order valence-electron chi connectivity index (χ2n) is 8.68. The van der Waals surface area contributed by atoms with E-state index in [0.29, 0.717) is 33.7 Å². The number of halogens is 1. The van der Waals surface area contributed by atoms with Gasteiger partial charge in [-0.15, -0.1) is 0 Å². The Bertz CT molecular complexity index is 1550. The smallest absolute Gasteiger partial charge is 0.254 e. The number of carbonyl (C=O) groups is 2. The van der Waals surface area contributed by atoms with Crippen LogP contribution in [0.15, 0.2) is 108 Å². The molecule has 0 saturated heterocycles. The summed E-state index contributed by atoms with van der Waals surface area (Å²) in [5.74, 6) is 0.879. The molecule has 0 saturated carbocycles. The van der Waals surface area contributed by atoms with Gasteiger partial charge in [-0.05, 0) is 60.7 Å². The second kappa shape index (κ2) is 11.7. The van der Waals surface area contributed by atoms with E-state index in [4.69, 9.17) is 20.8 Å². The number of carbonyl (C=O) groups excluding carboxylic acids is 2. The van der Waals surface area contributed by atoms with Crippen molar-refractivity contribution in [3.05, 3.63) is 120 Å². The number of furan rings is 1. The zero-order valence-corrected chi connectivity index (χ0v) is 21.8. The van der Waals surface area contributed by atoms with Crippen molar-refractivity contribution in [3.63, 3.8) is 0 Å². The van der Waals surface area contributed by atoms with Crippen LogP contribution in [0.5, 0.6) is 5.75 Å².